The monoisotopic (exact) mass is 495 g/mol. The predicted octanol–water partition coefficient (Wildman–Crippen LogP) is 6.88. The van der Waals surface area contributed by atoms with Crippen LogP contribution in [0.4, 0.5) is 0 Å². The van der Waals surface area contributed by atoms with Gasteiger partial charge in [-0.25, -0.2) is 4.79 Å². The summed E-state index contributed by atoms with van der Waals surface area (Å²) in [4.78, 5) is 36.0. The van der Waals surface area contributed by atoms with Gasteiger partial charge in [0.05, 0.1) is 5.92 Å². The molecule has 1 amide bonds. The van der Waals surface area contributed by atoms with Gasteiger partial charge in [-0.3, -0.25) is 9.59 Å². The van der Waals surface area contributed by atoms with Gasteiger partial charge in [-0.05, 0) is 31.6 Å². The molecule has 0 aromatic heterocycles. The maximum absolute atomic E-state index is 12.9. The van der Waals surface area contributed by atoms with E-state index in [2.05, 4.69) is 19.2 Å². The van der Waals surface area contributed by atoms with Gasteiger partial charge in [0, 0.05) is 6.42 Å². The zero-order valence-corrected chi connectivity index (χ0v) is 23.0. The molecule has 0 bridgehead atoms. The van der Waals surface area contributed by atoms with Crippen molar-refractivity contribution in [2.24, 2.45) is 11.8 Å². The number of amides is 1. The van der Waals surface area contributed by atoms with Crippen molar-refractivity contribution in [3.05, 3.63) is 0 Å². The van der Waals surface area contributed by atoms with Gasteiger partial charge in [0.2, 0.25) is 6.41 Å². The van der Waals surface area contributed by atoms with Crippen molar-refractivity contribution >= 4 is 18.3 Å². The van der Waals surface area contributed by atoms with E-state index in [1.165, 1.54) is 57.8 Å². The van der Waals surface area contributed by atoms with Crippen LogP contribution in [0, 0.1) is 11.8 Å². The van der Waals surface area contributed by atoms with Crippen molar-refractivity contribution < 1.29 is 23.9 Å². The van der Waals surface area contributed by atoms with Gasteiger partial charge >= 0.3 is 11.9 Å². The fourth-order valence-corrected chi connectivity index (χ4v) is 4.90. The normalized spacial score (nSPS) is 19.1. The molecule has 0 aromatic carbocycles. The zero-order chi connectivity index (χ0) is 25.9. The average Bonchev–Trinajstić information content (AvgIpc) is 2.81. The maximum atomic E-state index is 12.9. The van der Waals surface area contributed by atoms with E-state index in [1.54, 1.807) is 0 Å². The molecule has 6 nitrogen and oxygen atoms in total. The van der Waals surface area contributed by atoms with Crippen molar-refractivity contribution in [1.29, 1.82) is 0 Å². The van der Waals surface area contributed by atoms with Crippen LogP contribution in [-0.4, -0.2) is 36.6 Å². The van der Waals surface area contributed by atoms with E-state index in [0.717, 1.165) is 38.5 Å². The highest BCUT2D eigenvalue weighted by molar-refractivity contribution is 5.79. The topological polar surface area (TPSA) is 81.7 Å². The smallest absolute Gasteiger partial charge is 0.328 e. The summed E-state index contributed by atoms with van der Waals surface area (Å²) in [6.07, 6.45) is 18.5. The molecule has 204 valence electrons. The molecule has 1 N–H and O–H groups in total. The molecule has 0 radical (unpaired) electrons. The Balaban J connectivity index is 2.58. The molecule has 0 saturated carbocycles. The van der Waals surface area contributed by atoms with E-state index < -0.39 is 6.04 Å². The first-order valence-electron chi connectivity index (χ1n) is 14.5. The second kappa shape index (κ2) is 19.6. The number of esters is 2. The van der Waals surface area contributed by atoms with Gasteiger partial charge in [-0.15, -0.1) is 0 Å². The second-order valence-corrected chi connectivity index (χ2v) is 10.8. The number of hydrogen-bond acceptors (Lipinski definition) is 5. The van der Waals surface area contributed by atoms with E-state index >= 15 is 0 Å². The molecule has 1 rings (SSSR count). The van der Waals surface area contributed by atoms with Gasteiger partial charge in [0.15, 0.2) is 0 Å². The van der Waals surface area contributed by atoms with E-state index in [1.807, 2.05) is 13.8 Å². The molecular weight excluding hydrogens is 442 g/mol. The quantitative estimate of drug-likeness (QED) is 0.0949. The van der Waals surface area contributed by atoms with Crippen LogP contribution < -0.4 is 5.32 Å². The van der Waals surface area contributed by atoms with Crippen LogP contribution >= 0.6 is 0 Å². The molecule has 1 saturated heterocycles. The third-order valence-electron chi connectivity index (χ3n) is 7.06. The first-order valence-corrected chi connectivity index (χ1v) is 14.5. The van der Waals surface area contributed by atoms with Gasteiger partial charge in [-0.2, -0.15) is 0 Å². The van der Waals surface area contributed by atoms with E-state index in [-0.39, 0.29) is 36.0 Å². The number of carbonyl (C=O) groups is 3. The summed E-state index contributed by atoms with van der Waals surface area (Å²) in [5, 5.41) is 2.62. The molecule has 0 spiro atoms. The molecule has 1 aliphatic rings. The van der Waals surface area contributed by atoms with E-state index in [9.17, 15) is 14.4 Å². The summed E-state index contributed by atoms with van der Waals surface area (Å²) in [6.45, 7) is 8.45. The fourth-order valence-electron chi connectivity index (χ4n) is 4.90. The zero-order valence-electron chi connectivity index (χ0n) is 23.0. The molecule has 1 unspecified atom stereocenters. The summed E-state index contributed by atoms with van der Waals surface area (Å²) >= 11 is 0. The first kappa shape index (κ1) is 31.4. The lowest BCUT2D eigenvalue weighted by molar-refractivity contribution is -0.190. The number of hydrogen-bond donors (Lipinski definition) is 1. The summed E-state index contributed by atoms with van der Waals surface area (Å²) in [5.41, 5.74) is 0. The van der Waals surface area contributed by atoms with Gasteiger partial charge in [0.25, 0.3) is 0 Å². The van der Waals surface area contributed by atoms with Crippen LogP contribution in [0.5, 0.6) is 0 Å². The molecule has 1 fully saturated rings. The van der Waals surface area contributed by atoms with Crippen molar-refractivity contribution in [3.8, 4) is 0 Å². The second-order valence-electron chi connectivity index (χ2n) is 10.8. The largest absolute Gasteiger partial charge is 0.461 e. The van der Waals surface area contributed by atoms with Crippen LogP contribution in [0.1, 0.15) is 137 Å². The highest BCUT2D eigenvalue weighted by Crippen LogP contribution is 2.32. The molecule has 1 heterocycles. The molecule has 0 aliphatic carbocycles. The Kier molecular flexibility index (Phi) is 17.6. The average molecular weight is 496 g/mol. The van der Waals surface area contributed by atoms with Gasteiger partial charge in [-0.1, -0.05) is 105 Å². The SMILES string of the molecule is CCCCCCCCCCC[C@H](C[C@H]1OC(=O)[C@@H]1CCCCCC)OC(=O)C(CC(C)C)NC=O. The third kappa shape index (κ3) is 13.9. The number of rotatable bonds is 23. The minimum Gasteiger partial charge on any atom is -0.461 e. The van der Waals surface area contributed by atoms with E-state index in [4.69, 9.17) is 9.47 Å². The molecule has 6 heteroatoms. The molecule has 4 atom stereocenters. The number of cyclic esters (lactones) is 1. The lowest BCUT2D eigenvalue weighted by Crippen LogP contribution is -2.48. The standard InChI is InChI=1S/C29H53NO5/c1-5-7-9-11-12-13-14-15-16-18-24(34-29(33)26(30-22-31)20-23(3)4)21-27-25(28(32)35-27)19-17-10-8-6-2/h22-27H,5-21H2,1-4H3,(H,30,31)/t24-,25-,26?,27-/m1/s1. The highest BCUT2D eigenvalue weighted by atomic mass is 16.6. The Morgan fingerprint density at radius 1 is 0.943 bits per heavy atom. The summed E-state index contributed by atoms with van der Waals surface area (Å²) in [6, 6.07) is -0.632. The Bertz CT molecular complexity index is 579. The van der Waals surface area contributed by atoms with Crippen molar-refractivity contribution in [1.82, 2.24) is 5.32 Å². The summed E-state index contributed by atoms with van der Waals surface area (Å²) in [5.74, 6) is -0.302. The van der Waals surface area contributed by atoms with Crippen molar-refractivity contribution in [3.63, 3.8) is 0 Å². The third-order valence-corrected chi connectivity index (χ3v) is 7.06. The molecular formula is C29H53NO5. The van der Waals surface area contributed by atoms with Crippen LogP contribution in [-0.2, 0) is 23.9 Å². The van der Waals surface area contributed by atoms with Crippen LogP contribution in [0.25, 0.3) is 0 Å². The lowest BCUT2D eigenvalue weighted by atomic mass is 9.86. The maximum Gasteiger partial charge on any atom is 0.328 e. The first-order chi connectivity index (χ1) is 16.9. The van der Waals surface area contributed by atoms with Crippen LogP contribution in [0.2, 0.25) is 0 Å². The predicted molar refractivity (Wildman–Crippen MR) is 141 cm³/mol. The van der Waals surface area contributed by atoms with E-state index in [0.29, 0.717) is 19.3 Å². The number of carbonyl (C=O) groups excluding carboxylic acids is 3. The molecule has 35 heavy (non-hydrogen) atoms. The van der Waals surface area contributed by atoms with Crippen LogP contribution in [0.15, 0.2) is 0 Å². The van der Waals surface area contributed by atoms with Gasteiger partial charge < -0.3 is 14.8 Å². The Morgan fingerprint density at radius 3 is 2.06 bits per heavy atom. The Labute approximate surface area is 214 Å². The molecule has 0 aromatic rings. The van der Waals surface area contributed by atoms with Crippen LogP contribution in [0.3, 0.4) is 0 Å². The molecule has 1 aliphatic heterocycles. The minimum absolute atomic E-state index is 0.0734. The number of nitrogens with one attached hydrogen (secondary N) is 1. The number of ether oxygens (including phenoxy) is 2. The Hall–Kier alpha value is -1.59. The lowest BCUT2D eigenvalue weighted by Gasteiger charge is -2.37. The Morgan fingerprint density at radius 2 is 1.51 bits per heavy atom. The van der Waals surface area contributed by atoms with Crippen molar-refractivity contribution in [2.75, 3.05) is 0 Å². The highest BCUT2D eigenvalue weighted by Gasteiger charge is 2.43. The summed E-state index contributed by atoms with van der Waals surface area (Å²) in [7, 11) is 0. The van der Waals surface area contributed by atoms with Gasteiger partial charge in [0.1, 0.15) is 18.2 Å². The minimum atomic E-state index is -0.632. The number of unbranched alkanes of at least 4 members (excludes halogenated alkanes) is 11. The summed E-state index contributed by atoms with van der Waals surface area (Å²) < 4.78 is 11.4. The fraction of sp³-hybridized carbons (Fsp3) is 0.897. The van der Waals surface area contributed by atoms with Crippen molar-refractivity contribution in [2.45, 2.75) is 155 Å².